The van der Waals surface area contributed by atoms with E-state index in [2.05, 4.69) is 6.92 Å². The molecule has 0 aromatic carbocycles. The van der Waals surface area contributed by atoms with Crippen LogP contribution < -0.4 is 0 Å². The molecule has 1 saturated carbocycles. The summed E-state index contributed by atoms with van der Waals surface area (Å²) in [5.41, 5.74) is 0. The minimum absolute atomic E-state index is 0.144. The molecule has 54 valence electrons. The van der Waals surface area contributed by atoms with Crippen LogP contribution in [0.1, 0.15) is 19.8 Å². The lowest BCUT2D eigenvalue weighted by atomic mass is 10.1. The summed E-state index contributed by atoms with van der Waals surface area (Å²) in [6.07, 6.45) is 1.60. The predicted octanol–water partition coefficient (Wildman–Crippen LogP) is 0.386. The van der Waals surface area contributed by atoms with Gasteiger partial charge in [-0.05, 0) is 18.8 Å². The zero-order chi connectivity index (χ0) is 6.85. The first-order valence-corrected chi connectivity index (χ1v) is 3.53. The third kappa shape index (κ3) is 1.43. The van der Waals surface area contributed by atoms with Gasteiger partial charge in [-0.3, -0.25) is 0 Å². The fourth-order valence-corrected chi connectivity index (χ4v) is 1.57. The Bertz CT molecular complexity index is 92.9. The predicted molar refractivity (Wildman–Crippen MR) is 35.0 cm³/mol. The van der Waals surface area contributed by atoms with Gasteiger partial charge in [0.25, 0.3) is 0 Å². The Morgan fingerprint density at radius 1 is 1.44 bits per heavy atom. The monoisotopic (exact) mass is 130 g/mol. The van der Waals surface area contributed by atoms with E-state index in [9.17, 15) is 5.11 Å². The summed E-state index contributed by atoms with van der Waals surface area (Å²) in [6, 6.07) is 0. The highest BCUT2D eigenvalue weighted by molar-refractivity contribution is 4.79. The Labute approximate surface area is 55.5 Å². The molecule has 0 aromatic rings. The maximum atomic E-state index is 9.20. The molecule has 1 aliphatic carbocycles. The molecule has 0 radical (unpaired) electrons. The van der Waals surface area contributed by atoms with E-state index in [0.29, 0.717) is 5.92 Å². The molecule has 2 heteroatoms. The van der Waals surface area contributed by atoms with Gasteiger partial charge in [0.2, 0.25) is 0 Å². The summed E-state index contributed by atoms with van der Waals surface area (Å²) in [7, 11) is 0. The van der Waals surface area contributed by atoms with Crippen LogP contribution in [0, 0.1) is 11.8 Å². The molecule has 0 spiro atoms. The Kier molecular flexibility index (Phi) is 2.09. The highest BCUT2D eigenvalue weighted by Gasteiger charge is 2.29. The first-order valence-electron chi connectivity index (χ1n) is 3.53. The van der Waals surface area contributed by atoms with E-state index in [4.69, 9.17) is 5.11 Å². The summed E-state index contributed by atoms with van der Waals surface area (Å²) >= 11 is 0. The van der Waals surface area contributed by atoms with Gasteiger partial charge in [-0.25, -0.2) is 0 Å². The highest BCUT2D eigenvalue weighted by atomic mass is 16.3. The van der Waals surface area contributed by atoms with E-state index >= 15 is 0 Å². The van der Waals surface area contributed by atoms with E-state index in [1.165, 1.54) is 0 Å². The number of hydrogen-bond acceptors (Lipinski definition) is 2. The lowest BCUT2D eigenvalue weighted by Crippen LogP contribution is -2.16. The van der Waals surface area contributed by atoms with Crippen LogP contribution in [-0.2, 0) is 0 Å². The molecule has 0 amide bonds. The van der Waals surface area contributed by atoms with E-state index in [-0.39, 0.29) is 18.6 Å². The van der Waals surface area contributed by atoms with Crippen LogP contribution in [0.3, 0.4) is 0 Å². The lowest BCUT2D eigenvalue weighted by Gasteiger charge is -2.08. The maximum absolute atomic E-state index is 9.20. The van der Waals surface area contributed by atoms with Gasteiger partial charge in [0.1, 0.15) is 0 Å². The van der Waals surface area contributed by atoms with Crippen molar-refractivity contribution in [1.29, 1.82) is 0 Å². The molecule has 9 heavy (non-hydrogen) atoms. The number of aliphatic hydroxyl groups excluding tert-OH is 2. The summed E-state index contributed by atoms with van der Waals surface area (Å²) in [5.74, 6) is 0.747. The van der Waals surface area contributed by atoms with Crippen LogP contribution in [0.5, 0.6) is 0 Å². The third-order valence-electron chi connectivity index (χ3n) is 2.13. The van der Waals surface area contributed by atoms with Gasteiger partial charge in [0.05, 0.1) is 6.10 Å². The van der Waals surface area contributed by atoms with Crippen LogP contribution in [0.25, 0.3) is 0 Å². The largest absolute Gasteiger partial charge is 0.396 e. The van der Waals surface area contributed by atoms with Crippen LogP contribution in [0.4, 0.5) is 0 Å². The van der Waals surface area contributed by atoms with Crippen LogP contribution in [-0.4, -0.2) is 22.9 Å². The second-order valence-corrected chi connectivity index (χ2v) is 3.09. The van der Waals surface area contributed by atoms with Crippen LogP contribution in [0.2, 0.25) is 0 Å². The normalized spacial score (nSPS) is 43.7. The van der Waals surface area contributed by atoms with E-state index in [1.807, 2.05) is 0 Å². The molecule has 1 fully saturated rings. The highest BCUT2D eigenvalue weighted by Crippen LogP contribution is 2.29. The summed E-state index contributed by atoms with van der Waals surface area (Å²) in [5, 5.41) is 17.9. The van der Waals surface area contributed by atoms with Crippen molar-refractivity contribution >= 4 is 0 Å². The van der Waals surface area contributed by atoms with Gasteiger partial charge >= 0.3 is 0 Å². The zero-order valence-corrected chi connectivity index (χ0v) is 5.75. The molecule has 3 atom stereocenters. The van der Waals surface area contributed by atoms with Gasteiger partial charge in [-0.1, -0.05) is 6.92 Å². The van der Waals surface area contributed by atoms with Crippen molar-refractivity contribution in [2.45, 2.75) is 25.9 Å². The van der Waals surface area contributed by atoms with Crippen molar-refractivity contribution < 1.29 is 10.2 Å². The Balaban J connectivity index is 2.38. The SMILES string of the molecule is C[C@@H]1C[C@@H](CO)[C@H](O)C1. The average Bonchev–Trinajstić information content (AvgIpc) is 2.10. The van der Waals surface area contributed by atoms with Gasteiger partial charge in [-0.15, -0.1) is 0 Å². The first-order chi connectivity index (χ1) is 4.24. The van der Waals surface area contributed by atoms with Crippen molar-refractivity contribution in [3.05, 3.63) is 0 Å². The molecule has 0 bridgehead atoms. The standard InChI is InChI=1S/C7H14O2/c1-5-2-6(4-8)7(9)3-5/h5-9H,2-4H2,1H3/t5-,6+,7-/m1/s1. The second-order valence-electron chi connectivity index (χ2n) is 3.09. The van der Waals surface area contributed by atoms with Gasteiger partial charge in [0.15, 0.2) is 0 Å². The smallest absolute Gasteiger partial charge is 0.0592 e. The quantitative estimate of drug-likeness (QED) is 0.539. The van der Waals surface area contributed by atoms with Gasteiger partial charge in [-0.2, -0.15) is 0 Å². The Morgan fingerprint density at radius 3 is 2.33 bits per heavy atom. The average molecular weight is 130 g/mol. The zero-order valence-electron chi connectivity index (χ0n) is 5.75. The Morgan fingerprint density at radius 2 is 2.11 bits per heavy atom. The minimum atomic E-state index is -0.245. The summed E-state index contributed by atoms with van der Waals surface area (Å²) < 4.78 is 0. The molecule has 1 aliphatic rings. The molecule has 0 unspecified atom stereocenters. The molecular formula is C7H14O2. The molecule has 0 aliphatic heterocycles. The van der Waals surface area contributed by atoms with Crippen molar-refractivity contribution in [2.75, 3.05) is 6.61 Å². The van der Waals surface area contributed by atoms with Crippen molar-refractivity contribution in [2.24, 2.45) is 11.8 Å². The van der Waals surface area contributed by atoms with Crippen LogP contribution >= 0.6 is 0 Å². The number of aliphatic hydroxyl groups is 2. The third-order valence-corrected chi connectivity index (χ3v) is 2.13. The lowest BCUT2D eigenvalue weighted by molar-refractivity contribution is 0.0906. The molecule has 0 aromatic heterocycles. The number of hydrogen-bond donors (Lipinski definition) is 2. The van der Waals surface area contributed by atoms with Gasteiger partial charge in [0, 0.05) is 12.5 Å². The second kappa shape index (κ2) is 2.67. The van der Waals surface area contributed by atoms with Gasteiger partial charge < -0.3 is 10.2 Å². The summed E-state index contributed by atoms with van der Waals surface area (Å²) in [6.45, 7) is 2.25. The number of rotatable bonds is 1. The van der Waals surface area contributed by atoms with Crippen LogP contribution in [0.15, 0.2) is 0 Å². The molecule has 0 heterocycles. The topological polar surface area (TPSA) is 40.5 Å². The van der Waals surface area contributed by atoms with Crippen molar-refractivity contribution in [3.8, 4) is 0 Å². The fourth-order valence-electron chi connectivity index (χ4n) is 1.57. The maximum Gasteiger partial charge on any atom is 0.0592 e. The fraction of sp³-hybridized carbons (Fsp3) is 1.00. The van der Waals surface area contributed by atoms with E-state index in [0.717, 1.165) is 12.8 Å². The Hall–Kier alpha value is -0.0800. The summed E-state index contributed by atoms with van der Waals surface area (Å²) in [4.78, 5) is 0. The molecule has 1 rings (SSSR count). The molecule has 0 saturated heterocycles. The minimum Gasteiger partial charge on any atom is -0.396 e. The van der Waals surface area contributed by atoms with E-state index < -0.39 is 0 Å². The van der Waals surface area contributed by atoms with Crippen molar-refractivity contribution in [3.63, 3.8) is 0 Å². The van der Waals surface area contributed by atoms with Crippen molar-refractivity contribution in [1.82, 2.24) is 0 Å². The molecule has 2 N–H and O–H groups in total. The first kappa shape index (κ1) is 7.03. The van der Waals surface area contributed by atoms with E-state index in [1.54, 1.807) is 0 Å². The molecular weight excluding hydrogens is 116 g/mol. The molecule has 2 nitrogen and oxygen atoms in total.